The molecule has 0 aliphatic rings. The second kappa shape index (κ2) is 13.5. The Morgan fingerprint density at radius 3 is 1.27 bits per heavy atom. The van der Waals surface area contributed by atoms with E-state index in [1.54, 1.807) is 84.9 Å². The fourth-order valence-corrected chi connectivity index (χ4v) is 6.96. The highest BCUT2D eigenvalue weighted by Crippen LogP contribution is 2.38. The number of rotatable bonds is 10. The molecule has 208 valence electrons. The predicted octanol–water partition coefficient (Wildman–Crippen LogP) is 8.34. The van der Waals surface area contributed by atoms with Gasteiger partial charge in [-0.25, -0.2) is 8.42 Å². The van der Waals surface area contributed by atoms with Gasteiger partial charge in [0.15, 0.2) is 9.84 Å². The van der Waals surface area contributed by atoms with Crippen LogP contribution in [0.1, 0.15) is 32.8 Å². The summed E-state index contributed by atoms with van der Waals surface area (Å²) < 4.78 is 30.8. The van der Waals surface area contributed by atoms with Gasteiger partial charge in [0.25, 0.3) is 11.4 Å². The van der Waals surface area contributed by atoms with Crippen LogP contribution >= 0.6 is 45.2 Å². The van der Waals surface area contributed by atoms with Gasteiger partial charge in [-0.15, -0.1) is 0 Å². The maximum absolute atomic E-state index is 14.5. The number of benzene rings is 4. The minimum absolute atomic E-state index is 0.145. The molecule has 0 heterocycles. The smallest absolute Gasteiger partial charge is 0.258 e. The Bertz CT molecular complexity index is 1610. The second-order valence-electron chi connectivity index (χ2n) is 8.88. The van der Waals surface area contributed by atoms with Gasteiger partial charge < -0.3 is 0 Å². The summed E-state index contributed by atoms with van der Waals surface area (Å²) >= 11 is 4.26. The van der Waals surface area contributed by atoms with Gasteiger partial charge in [0.2, 0.25) is 0 Å². The van der Waals surface area contributed by atoms with Gasteiger partial charge in [0.05, 0.1) is 21.0 Å². The molecule has 0 saturated heterocycles. The molecule has 2 atom stereocenters. The first kappa shape index (κ1) is 30.5. The van der Waals surface area contributed by atoms with Crippen molar-refractivity contribution in [2.24, 2.45) is 0 Å². The average Bonchev–Trinajstić information content (AvgIpc) is 2.95. The topological polar surface area (TPSA) is 120 Å². The van der Waals surface area contributed by atoms with E-state index in [1.165, 1.54) is 36.4 Å². The molecule has 0 N–H and O–H groups in total. The van der Waals surface area contributed by atoms with E-state index in [0.717, 1.165) is 7.14 Å². The summed E-state index contributed by atoms with van der Waals surface area (Å²) in [6.07, 6.45) is 5.82. The molecule has 2 unspecified atom stereocenters. The molecule has 4 rings (SSSR count). The van der Waals surface area contributed by atoms with Gasteiger partial charge in [-0.05, 0) is 92.7 Å². The highest BCUT2D eigenvalue weighted by Gasteiger charge is 2.34. The highest BCUT2D eigenvalue weighted by molar-refractivity contribution is 14.1. The third-order valence-electron chi connectivity index (χ3n) is 6.27. The minimum Gasteiger partial charge on any atom is -0.258 e. The lowest BCUT2D eigenvalue weighted by atomic mass is 10.1. The summed E-state index contributed by atoms with van der Waals surface area (Å²) in [6, 6.07) is 26.2. The molecule has 0 aliphatic heterocycles. The van der Waals surface area contributed by atoms with E-state index in [1.807, 2.05) is 0 Å². The monoisotopic (exact) mass is 792 g/mol. The molecule has 4 aromatic carbocycles. The zero-order valence-corrected chi connectivity index (χ0v) is 26.3. The van der Waals surface area contributed by atoms with E-state index in [4.69, 9.17) is 0 Å². The Morgan fingerprint density at radius 2 is 0.927 bits per heavy atom. The fraction of sp³-hybridized carbons (Fsp3) is 0.0667. The Morgan fingerprint density at radius 1 is 0.585 bits per heavy atom. The number of hydrogen-bond donors (Lipinski definition) is 0. The molecule has 41 heavy (non-hydrogen) atoms. The molecule has 0 amide bonds. The van der Waals surface area contributed by atoms with Crippen molar-refractivity contribution >= 4 is 78.5 Å². The fourth-order valence-electron chi connectivity index (χ4n) is 4.26. The van der Waals surface area contributed by atoms with Crippen molar-refractivity contribution in [3.63, 3.8) is 0 Å². The SMILES string of the molecule is O=[N+]([O-])c1ccccc1C=CC(c1ccc(I)cc1)S(=O)(=O)C(C=Cc1ccccc1[N+](=O)[O-])c1ccc(I)cc1. The molecular formula is C30H22I2N2O6S. The van der Waals surface area contributed by atoms with Crippen molar-refractivity contribution in [2.75, 3.05) is 0 Å². The van der Waals surface area contributed by atoms with Crippen molar-refractivity contribution in [1.29, 1.82) is 0 Å². The summed E-state index contributed by atoms with van der Waals surface area (Å²) in [7, 11) is -4.12. The van der Waals surface area contributed by atoms with Crippen molar-refractivity contribution < 1.29 is 18.3 Å². The number of sulfone groups is 1. The van der Waals surface area contributed by atoms with Gasteiger partial charge in [0, 0.05) is 19.3 Å². The number of hydrogen-bond acceptors (Lipinski definition) is 6. The normalized spacial score (nSPS) is 13.3. The van der Waals surface area contributed by atoms with Crippen LogP contribution in [0.2, 0.25) is 0 Å². The van der Waals surface area contributed by atoms with E-state index in [9.17, 15) is 28.6 Å². The number of para-hydroxylation sites is 2. The molecule has 0 saturated carbocycles. The van der Waals surface area contributed by atoms with Crippen molar-refractivity contribution in [2.45, 2.75) is 10.5 Å². The van der Waals surface area contributed by atoms with E-state index in [2.05, 4.69) is 45.2 Å². The molecule has 0 aromatic heterocycles. The highest BCUT2D eigenvalue weighted by atomic mass is 127. The maximum Gasteiger partial charge on any atom is 0.276 e. The summed E-state index contributed by atoms with van der Waals surface area (Å²) in [6.45, 7) is 0. The van der Waals surface area contributed by atoms with Crippen LogP contribution in [-0.2, 0) is 9.84 Å². The first-order chi connectivity index (χ1) is 19.6. The average molecular weight is 792 g/mol. The van der Waals surface area contributed by atoms with Crippen LogP contribution in [0.5, 0.6) is 0 Å². The molecule has 0 fully saturated rings. The van der Waals surface area contributed by atoms with Crippen molar-refractivity contribution in [1.82, 2.24) is 0 Å². The number of nitro groups is 2. The third-order valence-corrected chi connectivity index (χ3v) is 9.99. The Balaban J connectivity index is 1.88. The minimum atomic E-state index is -4.12. The van der Waals surface area contributed by atoms with E-state index in [0.29, 0.717) is 11.1 Å². The largest absolute Gasteiger partial charge is 0.276 e. The lowest BCUT2D eigenvalue weighted by Gasteiger charge is -2.22. The number of halogens is 2. The first-order valence-electron chi connectivity index (χ1n) is 12.1. The van der Waals surface area contributed by atoms with Crippen LogP contribution < -0.4 is 0 Å². The van der Waals surface area contributed by atoms with Gasteiger partial charge >= 0.3 is 0 Å². The quantitative estimate of drug-likeness (QED) is 0.0905. The Labute approximate surface area is 264 Å². The van der Waals surface area contributed by atoms with Crippen molar-refractivity contribution in [3.05, 3.63) is 159 Å². The molecule has 0 spiro atoms. The van der Waals surface area contributed by atoms with E-state index < -0.39 is 30.2 Å². The molecule has 0 radical (unpaired) electrons. The lowest BCUT2D eigenvalue weighted by Crippen LogP contribution is -2.19. The number of nitro benzene ring substituents is 2. The number of nitrogens with zero attached hydrogens (tertiary/aromatic N) is 2. The second-order valence-corrected chi connectivity index (χ2v) is 13.6. The summed E-state index contributed by atoms with van der Waals surface area (Å²) in [5, 5.41) is 20.8. The van der Waals surface area contributed by atoms with Gasteiger partial charge in [-0.2, -0.15) is 0 Å². The van der Waals surface area contributed by atoms with Crippen LogP contribution in [0.15, 0.2) is 109 Å². The van der Waals surface area contributed by atoms with Crippen LogP contribution in [0.4, 0.5) is 11.4 Å². The van der Waals surface area contributed by atoms with E-state index in [-0.39, 0.29) is 22.5 Å². The molecule has 8 nitrogen and oxygen atoms in total. The molecule has 4 aromatic rings. The zero-order valence-electron chi connectivity index (χ0n) is 21.2. The third kappa shape index (κ3) is 7.45. The lowest BCUT2D eigenvalue weighted by molar-refractivity contribution is -0.385. The van der Waals surface area contributed by atoms with Gasteiger partial charge in [-0.3, -0.25) is 20.2 Å². The van der Waals surface area contributed by atoms with Gasteiger partial charge in [0.1, 0.15) is 10.5 Å². The van der Waals surface area contributed by atoms with Crippen LogP contribution in [0.3, 0.4) is 0 Å². The summed E-state index contributed by atoms with van der Waals surface area (Å²) in [5.74, 6) is 0. The first-order valence-corrected chi connectivity index (χ1v) is 15.9. The molecular weight excluding hydrogens is 770 g/mol. The van der Waals surface area contributed by atoms with Crippen LogP contribution in [0, 0.1) is 27.4 Å². The van der Waals surface area contributed by atoms with E-state index >= 15 is 0 Å². The molecule has 0 bridgehead atoms. The predicted molar refractivity (Wildman–Crippen MR) is 177 cm³/mol. The summed E-state index contributed by atoms with van der Waals surface area (Å²) in [5.41, 5.74) is 1.21. The zero-order chi connectivity index (χ0) is 29.6. The maximum atomic E-state index is 14.5. The van der Waals surface area contributed by atoms with Crippen molar-refractivity contribution in [3.8, 4) is 0 Å². The Hall–Kier alpha value is -3.43. The Kier molecular flexibility index (Phi) is 10.0. The molecule has 0 aliphatic carbocycles. The van der Waals surface area contributed by atoms with Crippen LogP contribution in [-0.4, -0.2) is 18.3 Å². The standard InChI is InChI=1S/C30H22I2N2O6S/c31-25-15-9-23(10-16-25)29(19-13-21-5-1-3-7-27(21)33(35)36)41(39,40)30(24-11-17-26(32)18-12-24)20-14-22-6-2-4-8-28(22)34(37)38/h1-20,29-30H. The molecule has 11 heteroatoms. The summed E-state index contributed by atoms with van der Waals surface area (Å²) in [4.78, 5) is 22.1. The van der Waals surface area contributed by atoms with Gasteiger partial charge in [-0.1, -0.05) is 72.8 Å². The van der Waals surface area contributed by atoms with Crippen LogP contribution in [0.25, 0.3) is 12.2 Å².